The van der Waals surface area contributed by atoms with Gasteiger partial charge >= 0.3 is 0 Å². The molecular formula is C4H13NOSi. The van der Waals surface area contributed by atoms with Crippen LogP contribution in [0, 0.1) is 0 Å². The highest BCUT2D eigenvalue weighted by atomic mass is 28.2. The van der Waals surface area contributed by atoms with Gasteiger partial charge in [0.2, 0.25) is 0 Å². The van der Waals surface area contributed by atoms with Crippen molar-refractivity contribution in [2.45, 2.75) is 20.3 Å². The van der Waals surface area contributed by atoms with E-state index in [4.69, 9.17) is 0 Å². The molecule has 3 heteroatoms. The maximum absolute atomic E-state index is 9.81. The second kappa shape index (κ2) is 9.28. The Labute approximate surface area is 47.6 Å². The lowest BCUT2D eigenvalue weighted by Gasteiger charge is -1.71. The van der Waals surface area contributed by atoms with Gasteiger partial charge in [0.15, 0.2) is 0 Å². The van der Waals surface area contributed by atoms with Crippen LogP contribution in [0.1, 0.15) is 20.3 Å². The van der Waals surface area contributed by atoms with Crippen LogP contribution in [0.5, 0.6) is 0 Å². The van der Waals surface area contributed by atoms with E-state index in [1.54, 1.807) is 6.92 Å². The minimum absolute atomic E-state index is 0.255. The molecule has 0 aromatic rings. The summed E-state index contributed by atoms with van der Waals surface area (Å²) in [6.07, 6.45) is 0.667. The predicted octanol–water partition coefficient (Wildman–Crippen LogP) is -0.789. The molecule has 0 rings (SSSR count). The van der Waals surface area contributed by atoms with Gasteiger partial charge in [-0.15, -0.1) is 0 Å². The smallest absolute Gasteiger partial charge is 0.129 e. The number of ketones is 1. The summed E-state index contributed by atoms with van der Waals surface area (Å²) in [4.78, 5) is 9.81. The fraction of sp³-hybridized carbons (Fsp3) is 0.750. The van der Waals surface area contributed by atoms with Crippen LogP contribution in [0.2, 0.25) is 0 Å². The van der Waals surface area contributed by atoms with E-state index in [0.29, 0.717) is 6.42 Å². The van der Waals surface area contributed by atoms with Crippen molar-refractivity contribution in [1.29, 1.82) is 0 Å². The molecule has 0 aliphatic rings. The standard InChI is InChI=1S/C4H8O.H5NSi/c1-3-4(2)5;1-2/h3H2,1-2H3;1H2,2H3. The summed E-state index contributed by atoms with van der Waals surface area (Å²) >= 11 is 0. The Hall–Kier alpha value is -0.153. The lowest BCUT2D eigenvalue weighted by molar-refractivity contribution is -0.116. The lowest BCUT2D eigenvalue weighted by atomic mass is 10.4. The monoisotopic (exact) mass is 119 g/mol. The second-order valence-corrected chi connectivity index (χ2v) is 1.06. The fourth-order valence-electron chi connectivity index (χ4n) is 0. The third kappa shape index (κ3) is 25.4. The van der Waals surface area contributed by atoms with Crippen LogP contribution >= 0.6 is 0 Å². The Balaban J connectivity index is 0. The van der Waals surface area contributed by atoms with E-state index in [-0.39, 0.29) is 5.78 Å². The number of hydrogen-bond acceptors (Lipinski definition) is 2. The van der Waals surface area contributed by atoms with E-state index < -0.39 is 0 Å². The van der Waals surface area contributed by atoms with Gasteiger partial charge in [-0.1, -0.05) is 6.92 Å². The van der Waals surface area contributed by atoms with Gasteiger partial charge in [-0.3, -0.25) is 0 Å². The summed E-state index contributed by atoms with van der Waals surface area (Å²) in [6, 6.07) is 0. The molecule has 7 heavy (non-hydrogen) atoms. The van der Waals surface area contributed by atoms with Crippen molar-refractivity contribution < 1.29 is 4.79 Å². The Kier molecular flexibility index (Phi) is 13.2. The molecule has 2 nitrogen and oxygen atoms in total. The van der Waals surface area contributed by atoms with Crippen LogP contribution in [0.4, 0.5) is 0 Å². The van der Waals surface area contributed by atoms with E-state index in [2.05, 4.69) is 5.40 Å². The first-order valence-corrected chi connectivity index (χ1v) is 3.50. The molecule has 0 atom stereocenters. The summed E-state index contributed by atoms with van der Waals surface area (Å²) in [5, 5.41) is 4.64. The first-order valence-electron chi connectivity index (χ1n) is 2.34. The molecule has 0 aromatic carbocycles. The predicted molar refractivity (Wildman–Crippen MR) is 35.1 cm³/mol. The second-order valence-electron chi connectivity index (χ2n) is 1.06. The van der Waals surface area contributed by atoms with Crippen LogP contribution in [0.15, 0.2) is 0 Å². The van der Waals surface area contributed by atoms with Crippen molar-refractivity contribution >= 4 is 16.2 Å². The largest absolute Gasteiger partial charge is 0.358 e. The van der Waals surface area contributed by atoms with Gasteiger partial charge in [0.25, 0.3) is 0 Å². The number of carbonyl (C=O) groups is 1. The Bertz CT molecular complexity index is 47.0. The third-order valence-electron chi connectivity index (χ3n) is 0.498. The third-order valence-corrected chi connectivity index (χ3v) is 0.498. The fourth-order valence-corrected chi connectivity index (χ4v) is 0. The summed E-state index contributed by atoms with van der Waals surface area (Å²) < 4.78 is 0. The average molecular weight is 119 g/mol. The molecule has 0 fully saturated rings. The molecule has 2 N–H and O–H groups in total. The topological polar surface area (TPSA) is 43.1 Å². The highest BCUT2D eigenvalue weighted by molar-refractivity contribution is 6.02. The van der Waals surface area contributed by atoms with Crippen molar-refractivity contribution in [3.63, 3.8) is 0 Å². The van der Waals surface area contributed by atoms with Crippen LogP contribution in [-0.2, 0) is 4.79 Å². The number of Topliss-reactive ketones (excluding diaryl/α,β-unsaturated/α-hetero) is 1. The first-order chi connectivity index (χ1) is 3.27. The summed E-state index contributed by atoms with van der Waals surface area (Å²) in [5.41, 5.74) is 0. The minimum Gasteiger partial charge on any atom is -0.358 e. The molecule has 0 aliphatic carbocycles. The van der Waals surface area contributed by atoms with E-state index in [1.807, 2.05) is 6.92 Å². The van der Waals surface area contributed by atoms with Gasteiger partial charge in [-0.05, 0) is 6.92 Å². The average Bonchev–Trinajstić information content (AvgIpc) is 1.73. The SMILES string of the molecule is CCC(C)=O.N[SiH3]. The Morgan fingerprint density at radius 3 is 1.86 bits per heavy atom. The zero-order valence-corrected chi connectivity index (χ0v) is 7.19. The van der Waals surface area contributed by atoms with Gasteiger partial charge in [0.1, 0.15) is 5.78 Å². The first kappa shape index (κ1) is 9.96. The van der Waals surface area contributed by atoms with Gasteiger partial charge in [-0.2, -0.15) is 0 Å². The van der Waals surface area contributed by atoms with E-state index in [1.165, 1.54) is 0 Å². The van der Waals surface area contributed by atoms with Gasteiger partial charge in [-0.25, -0.2) is 0 Å². The van der Waals surface area contributed by atoms with Crippen molar-refractivity contribution in [3.05, 3.63) is 0 Å². The molecular weight excluding hydrogens is 106 g/mol. The number of hydrogen-bond donors (Lipinski definition) is 1. The number of nitrogens with two attached hydrogens (primary N) is 1. The molecule has 0 aliphatic heterocycles. The maximum atomic E-state index is 9.81. The summed E-state index contributed by atoms with van der Waals surface area (Å²) in [5.74, 6) is 0.255. The molecule has 0 aromatic heterocycles. The van der Waals surface area contributed by atoms with Crippen LogP contribution in [0.25, 0.3) is 0 Å². The zero-order chi connectivity index (χ0) is 6.28. The Morgan fingerprint density at radius 1 is 1.71 bits per heavy atom. The highest BCUT2D eigenvalue weighted by Gasteiger charge is 1.76. The molecule has 0 amide bonds. The summed E-state index contributed by atoms with van der Waals surface area (Å²) in [6.45, 7) is 3.43. The highest BCUT2D eigenvalue weighted by Crippen LogP contribution is 1.71. The minimum atomic E-state index is 0.255. The van der Waals surface area contributed by atoms with Gasteiger partial charge in [0.05, 0.1) is 10.4 Å². The molecule has 0 spiro atoms. The van der Waals surface area contributed by atoms with Crippen LogP contribution < -0.4 is 5.40 Å². The van der Waals surface area contributed by atoms with Crippen LogP contribution in [-0.4, -0.2) is 16.2 Å². The molecule has 0 heterocycles. The number of carbonyl (C=O) groups excluding carboxylic acids is 1. The summed E-state index contributed by atoms with van der Waals surface area (Å²) in [7, 11) is 0.806. The van der Waals surface area contributed by atoms with Crippen LogP contribution in [0.3, 0.4) is 0 Å². The van der Waals surface area contributed by atoms with Gasteiger partial charge < -0.3 is 10.2 Å². The molecule has 0 saturated carbocycles. The van der Waals surface area contributed by atoms with E-state index >= 15 is 0 Å². The number of rotatable bonds is 1. The maximum Gasteiger partial charge on any atom is 0.129 e. The van der Waals surface area contributed by atoms with E-state index in [0.717, 1.165) is 10.4 Å². The molecule has 0 bridgehead atoms. The molecule has 44 valence electrons. The van der Waals surface area contributed by atoms with Crippen molar-refractivity contribution in [2.75, 3.05) is 0 Å². The van der Waals surface area contributed by atoms with Crippen molar-refractivity contribution in [2.24, 2.45) is 5.40 Å². The van der Waals surface area contributed by atoms with Gasteiger partial charge in [0, 0.05) is 6.42 Å². The lowest BCUT2D eigenvalue weighted by Crippen LogP contribution is -1.80. The molecule has 0 saturated heterocycles. The zero-order valence-electron chi connectivity index (χ0n) is 5.19. The Morgan fingerprint density at radius 2 is 1.86 bits per heavy atom. The normalized spacial score (nSPS) is 6.71. The van der Waals surface area contributed by atoms with Crippen molar-refractivity contribution in [3.8, 4) is 0 Å². The van der Waals surface area contributed by atoms with E-state index in [9.17, 15) is 4.79 Å². The quantitative estimate of drug-likeness (QED) is 0.460. The molecule has 0 unspecified atom stereocenters. The van der Waals surface area contributed by atoms with Crippen molar-refractivity contribution in [1.82, 2.24) is 0 Å². The molecule has 0 radical (unpaired) electrons.